The van der Waals surface area contributed by atoms with E-state index in [0.29, 0.717) is 12.6 Å². The Morgan fingerprint density at radius 1 is 1.33 bits per heavy atom. The maximum Gasteiger partial charge on any atom is 0.0513 e. The molecule has 0 saturated carbocycles. The van der Waals surface area contributed by atoms with E-state index in [1.54, 1.807) is 0 Å². The van der Waals surface area contributed by atoms with Gasteiger partial charge in [-0.3, -0.25) is 0 Å². The summed E-state index contributed by atoms with van der Waals surface area (Å²) in [7, 11) is 0. The highest BCUT2D eigenvalue weighted by Gasteiger charge is 2.29. The number of nitrogens with two attached hydrogens (primary N) is 1. The van der Waals surface area contributed by atoms with E-state index < -0.39 is 0 Å². The van der Waals surface area contributed by atoms with E-state index in [0.717, 1.165) is 18.4 Å². The lowest BCUT2D eigenvalue weighted by Crippen LogP contribution is -2.46. The van der Waals surface area contributed by atoms with Crippen LogP contribution in [0.1, 0.15) is 32.8 Å². The summed E-state index contributed by atoms with van der Waals surface area (Å²) in [6, 6.07) is 7.08. The third-order valence-corrected chi connectivity index (χ3v) is 4.79. The van der Waals surface area contributed by atoms with Crippen LogP contribution in [0.5, 0.6) is 0 Å². The molecule has 1 fully saturated rings. The standard InChI is InChI=1S/C15H23BrN2/c1-10-6-11(2)12(3)18(9-10)15-5-4-13(8-17)7-14(15)16/h4-5,7,10-12H,6,8-9,17H2,1-3H3. The summed E-state index contributed by atoms with van der Waals surface area (Å²) in [5.74, 6) is 1.51. The average molecular weight is 311 g/mol. The van der Waals surface area contributed by atoms with Gasteiger partial charge in [0.25, 0.3) is 0 Å². The number of rotatable bonds is 2. The van der Waals surface area contributed by atoms with Crippen LogP contribution in [-0.4, -0.2) is 12.6 Å². The Hall–Kier alpha value is -0.540. The van der Waals surface area contributed by atoms with Gasteiger partial charge in [0.05, 0.1) is 5.69 Å². The van der Waals surface area contributed by atoms with Gasteiger partial charge in [-0.2, -0.15) is 0 Å². The van der Waals surface area contributed by atoms with Gasteiger partial charge in [0.1, 0.15) is 0 Å². The van der Waals surface area contributed by atoms with E-state index in [1.165, 1.54) is 22.1 Å². The lowest BCUT2D eigenvalue weighted by molar-refractivity contribution is 0.297. The second-order valence-electron chi connectivity index (χ2n) is 5.70. The van der Waals surface area contributed by atoms with Crippen LogP contribution in [0.3, 0.4) is 0 Å². The molecule has 1 aliphatic rings. The molecule has 0 aliphatic carbocycles. The first kappa shape index (κ1) is 13.9. The smallest absolute Gasteiger partial charge is 0.0513 e. The van der Waals surface area contributed by atoms with Gasteiger partial charge >= 0.3 is 0 Å². The van der Waals surface area contributed by atoms with Crippen molar-refractivity contribution < 1.29 is 0 Å². The first-order valence-electron chi connectivity index (χ1n) is 6.78. The Bertz CT molecular complexity index is 419. The molecule has 0 bridgehead atoms. The van der Waals surface area contributed by atoms with Crippen molar-refractivity contribution in [3.05, 3.63) is 28.2 Å². The monoisotopic (exact) mass is 310 g/mol. The third-order valence-electron chi connectivity index (χ3n) is 4.15. The number of benzene rings is 1. The highest BCUT2D eigenvalue weighted by molar-refractivity contribution is 9.10. The van der Waals surface area contributed by atoms with Crippen molar-refractivity contribution >= 4 is 21.6 Å². The van der Waals surface area contributed by atoms with Gasteiger partial charge in [-0.25, -0.2) is 0 Å². The number of nitrogens with zero attached hydrogens (tertiary/aromatic N) is 1. The molecule has 1 aromatic carbocycles. The van der Waals surface area contributed by atoms with Crippen LogP contribution in [0, 0.1) is 11.8 Å². The Labute approximate surface area is 119 Å². The minimum absolute atomic E-state index is 0.598. The van der Waals surface area contributed by atoms with Crippen molar-refractivity contribution in [1.29, 1.82) is 0 Å². The molecular formula is C15H23BrN2. The molecule has 18 heavy (non-hydrogen) atoms. The van der Waals surface area contributed by atoms with Crippen LogP contribution in [0.15, 0.2) is 22.7 Å². The van der Waals surface area contributed by atoms with Crippen molar-refractivity contribution in [2.24, 2.45) is 17.6 Å². The molecule has 1 heterocycles. The molecule has 3 unspecified atom stereocenters. The number of hydrogen-bond acceptors (Lipinski definition) is 2. The molecule has 3 heteroatoms. The van der Waals surface area contributed by atoms with Gasteiger partial charge in [-0.15, -0.1) is 0 Å². The van der Waals surface area contributed by atoms with E-state index in [4.69, 9.17) is 5.73 Å². The Morgan fingerprint density at radius 3 is 2.67 bits per heavy atom. The van der Waals surface area contributed by atoms with E-state index >= 15 is 0 Å². The van der Waals surface area contributed by atoms with E-state index in [2.05, 4.69) is 59.8 Å². The van der Waals surface area contributed by atoms with E-state index in [-0.39, 0.29) is 0 Å². The second-order valence-corrected chi connectivity index (χ2v) is 6.56. The van der Waals surface area contributed by atoms with Gasteiger partial charge in [0.2, 0.25) is 0 Å². The van der Waals surface area contributed by atoms with Crippen LogP contribution < -0.4 is 10.6 Å². The highest BCUT2D eigenvalue weighted by atomic mass is 79.9. The zero-order valence-electron chi connectivity index (χ0n) is 11.5. The van der Waals surface area contributed by atoms with E-state index in [1.807, 2.05) is 0 Å². The van der Waals surface area contributed by atoms with Crippen LogP contribution in [-0.2, 0) is 6.54 Å². The van der Waals surface area contributed by atoms with Gasteiger partial charge in [-0.05, 0) is 58.8 Å². The predicted molar refractivity (Wildman–Crippen MR) is 81.8 cm³/mol. The van der Waals surface area contributed by atoms with Gasteiger partial charge in [-0.1, -0.05) is 19.9 Å². The van der Waals surface area contributed by atoms with Gasteiger partial charge in [0.15, 0.2) is 0 Å². The summed E-state index contributed by atoms with van der Waals surface area (Å²) in [5.41, 5.74) is 8.17. The van der Waals surface area contributed by atoms with Crippen LogP contribution in [0.25, 0.3) is 0 Å². The Morgan fingerprint density at radius 2 is 2.06 bits per heavy atom. The molecule has 3 atom stereocenters. The Kier molecular flexibility index (Phi) is 4.33. The molecule has 1 aliphatic heterocycles. The molecule has 2 N–H and O–H groups in total. The fraction of sp³-hybridized carbons (Fsp3) is 0.600. The zero-order valence-corrected chi connectivity index (χ0v) is 13.1. The normalized spacial score (nSPS) is 28.5. The van der Waals surface area contributed by atoms with Crippen molar-refractivity contribution in [3.8, 4) is 0 Å². The molecule has 1 saturated heterocycles. The van der Waals surface area contributed by atoms with Crippen LogP contribution in [0.2, 0.25) is 0 Å². The molecule has 0 aromatic heterocycles. The number of piperidine rings is 1. The summed E-state index contributed by atoms with van der Waals surface area (Å²) < 4.78 is 1.17. The first-order valence-corrected chi connectivity index (χ1v) is 7.57. The first-order chi connectivity index (χ1) is 8.52. The van der Waals surface area contributed by atoms with Crippen molar-refractivity contribution in [2.75, 3.05) is 11.4 Å². The molecular weight excluding hydrogens is 288 g/mol. The summed E-state index contributed by atoms with van der Waals surface area (Å²) in [5, 5.41) is 0. The maximum absolute atomic E-state index is 5.68. The fourth-order valence-electron chi connectivity index (χ4n) is 2.94. The highest BCUT2D eigenvalue weighted by Crippen LogP contribution is 2.35. The number of hydrogen-bond donors (Lipinski definition) is 1. The van der Waals surface area contributed by atoms with Crippen molar-refractivity contribution in [3.63, 3.8) is 0 Å². The molecule has 1 aromatic rings. The molecule has 2 rings (SSSR count). The second kappa shape index (κ2) is 5.62. The molecule has 2 nitrogen and oxygen atoms in total. The predicted octanol–water partition coefficient (Wildman–Crippen LogP) is 3.78. The average Bonchev–Trinajstić information content (AvgIpc) is 2.34. The quantitative estimate of drug-likeness (QED) is 0.900. The molecule has 100 valence electrons. The van der Waals surface area contributed by atoms with Crippen molar-refractivity contribution in [1.82, 2.24) is 0 Å². The van der Waals surface area contributed by atoms with Crippen LogP contribution in [0.4, 0.5) is 5.69 Å². The number of anilines is 1. The summed E-state index contributed by atoms with van der Waals surface area (Å²) in [6.07, 6.45) is 1.33. The summed E-state index contributed by atoms with van der Waals surface area (Å²) >= 11 is 3.69. The topological polar surface area (TPSA) is 29.3 Å². The fourth-order valence-corrected chi connectivity index (χ4v) is 3.60. The van der Waals surface area contributed by atoms with Gasteiger partial charge in [0, 0.05) is 23.6 Å². The van der Waals surface area contributed by atoms with E-state index in [9.17, 15) is 0 Å². The third kappa shape index (κ3) is 2.72. The largest absolute Gasteiger partial charge is 0.367 e. The lowest BCUT2D eigenvalue weighted by Gasteiger charge is -2.43. The molecule has 0 radical (unpaired) electrons. The van der Waals surface area contributed by atoms with Crippen LogP contribution >= 0.6 is 15.9 Å². The van der Waals surface area contributed by atoms with Crippen molar-refractivity contribution in [2.45, 2.75) is 39.8 Å². The minimum Gasteiger partial charge on any atom is -0.367 e. The lowest BCUT2D eigenvalue weighted by atomic mass is 9.85. The molecule has 0 spiro atoms. The maximum atomic E-state index is 5.68. The minimum atomic E-state index is 0.598. The molecule has 0 amide bonds. The summed E-state index contributed by atoms with van der Waals surface area (Å²) in [6.45, 7) is 8.78. The van der Waals surface area contributed by atoms with Gasteiger partial charge < -0.3 is 10.6 Å². The Balaban J connectivity index is 2.29. The number of halogens is 1. The zero-order chi connectivity index (χ0) is 13.3. The SMILES string of the molecule is CC1CC(C)C(C)N(c2ccc(CN)cc2Br)C1. The summed E-state index contributed by atoms with van der Waals surface area (Å²) in [4.78, 5) is 2.53.